The van der Waals surface area contributed by atoms with E-state index in [1.54, 1.807) is 13.8 Å². The van der Waals surface area contributed by atoms with E-state index in [2.05, 4.69) is 10.5 Å². The fourth-order valence-electron chi connectivity index (χ4n) is 4.33. The number of nitrogens with zero attached hydrogens (tertiary/aromatic N) is 2. The molecule has 27 heavy (non-hydrogen) atoms. The zero-order valence-electron chi connectivity index (χ0n) is 15.4. The van der Waals surface area contributed by atoms with Crippen molar-refractivity contribution in [2.45, 2.75) is 51.7 Å². The minimum Gasteiger partial charge on any atom is -0.449 e. The number of nitrogens with one attached hydrogen (secondary N) is 1. The molecular formula is C18H23N3O6. The van der Waals surface area contributed by atoms with Crippen LogP contribution in [-0.2, 0) is 19.1 Å². The molecule has 9 heteroatoms. The van der Waals surface area contributed by atoms with Gasteiger partial charge in [0.1, 0.15) is 11.4 Å². The average Bonchev–Trinajstić information content (AvgIpc) is 3.38. The summed E-state index contributed by atoms with van der Waals surface area (Å²) in [5.41, 5.74) is 1.09. The van der Waals surface area contributed by atoms with Crippen LogP contribution in [0.2, 0.25) is 0 Å². The number of unbranched alkanes of at least 4 members (excludes halogenated alkanes) is 1. The maximum atomic E-state index is 12.5. The fraction of sp³-hybridized carbons (Fsp3) is 0.667. The van der Waals surface area contributed by atoms with Crippen LogP contribution in [0.15, 0.2) is 4.52 Å². The minimum atomic E-state index is -0.582. The fourth-order valence-corrected chi connectivity index (χ4v) is 4.33. The molecule has 1 aromatic heterocycles. The highest BCUT2D eigenvalue weighted by molar-refractivity contribution is 6.06. The van der Waals surface area contributed by atoms with Gasteiger partial charge in [-0.05, 0) is 39.5 Å². The molecule has 9 nitrogen and oxygen atoms in total. The molecule has 0 aliphatic carbocycles. The van der Waals surface area contributed by atoms with E-state index in [1.165, 1.54) is 4.90 Å². The summed E-state index contributed by atoms with van der Waals surface area (Å²) in [6.45, 7) is 3.99. The van der Waals surface area contributed by atoms with Crippen LogP contribution in [-0.4, -0.2) is 53.3 Å². The second-order valence-corrected chi connectivity index (χ2v) is 7.34. The normalized spacial score (nSPS) is 28.7. The SMILES string of the molecule is Cc1noc(C)c1NC(=O)OCCCCN1C(=O)C2C3CCC(O3)C2C1=O. The number of likely N-dealkylation sites (tertiary alicyclic amines) is 1. The second kappa shape index (κ2) is 6.95. The van der Waals surface area contributed by atoms with E-state index in [4.69, 9.17) is 14.0 Å². The third kappa shape index (κ3) is 3.09. The number of amides is 3. The van der Waals surface area contributed by atoms with Crippen LogP contribution < -0.4 is 5.32 Å². The number of ether oxygens (including phenoxy) is 2. The highest BCUT2D eigenvalue weighted by Crippen LogP contribution is 2.48. The molecule has 0 spiro atoms. The number of imide groups is 1. The van der Waals surface area contributed by atoms with E-state index in [-0.39, 0.29) is 42.5 Å². The number of carbonyl (C=O) groups is 3. The largest absolute Gasteiger partial charge is 0.449 e. The first-order chi connectivity index (χ1) is 13.0. The monoisotopic (exact) mass is 377 g/mol. The van der Waals surface area contributed by atoms with Gasteiger partial charge in [0.05, 0.1) is 30.7 Å². The Morgan fingerprint density at radius 2 is 1.85 bits per heavy atom. The molecule has 3 saturated heterocycles. The maximum absolute atomic E-state index is 12.5. The van der Waals surface area contributed by atoms with Gasteiger partial charge in [0.15, 0.2) is 5.76 Å². The van der Waals surface area contributed by atoms with Gasteiger partial charge in [0.25, 0.3) is 0 Å². The lowest BCUT2D eigenvalue weighted by Gasteiger charge is -2.17. The third-order valence-corrected chi connectivity index (χ3v) is 5.65. The Morgan fingerprint density at radius 1 is 1.19 bits per heavy atom. The van der Waals surface area contributed by atoms with E-state index >= 15 is 0 Å². The third-order valence-electron chi connectivity index (χ3n) is 5.65. The second-order valence-electron chi connectivity index (χ2n) is 7.34. The smallest absolute Gasteiger partial charge is 0.411 e. The summed E-state index contributed by atoms with van der Waals surface area (Å²) in [6.07, 6.45) is 2.13. The molecule has 0 aromatic carbocycles. The molecule has 0 saturated carbocycles. The van der Waals surface area contributed by atoms with Gasteiger partial charge in [-0.1, -0.05) is 5.16 Å². The van der Waals surface area contributed by atoms with E-state index < -0.39 is 6.09 Å². The van der Waals surface area contributed by atoms with E-state index in [9.17, 15) is 14.4 Å². The van der Waals surface area contributed by atoms with Crippen LogP contribution in [0, 0.1) is 25.7 Å². The van der Waals surface area contributed by atoms with Gasteiger partial charge in [0.2, 0.25) is 11.8 Å². The van der Waals surface area contributed by atoms with Crippen LogP contribution >= 0.6 is 0 Å². The predicted octanol–water partition coefficient (Wildman–Crippen LogP) is 1.78. The number of fused-ring (bicyclic) bond motifs is 5. The lowest BCUT2D eigenvalue weighted by Crippen LogP contribution is -2.35. The predicted molar refractivity (Wildman–Crippen MR) is 91.8 cm³/mol. The highest BCUT2D eigenvalue weighted by Gasteiger charge is 2.62. The summed E-state index contributed by atoms with van der Waals surface area (Å²) >= 11 is 0. The lowest BCUT2D eigenvalue weighted by atomic mass is 9.81. The zero-order valence-corrected chi connectivity index (χ0v) is 15.4. The van der Waals surface area contributed by atoms with Crippen LogP contribution in [0.25, 0.3) is 0 Å². The Kier molecular flexibility index (Phi) is 4.63. The molecule has 1 N–H and O–H groups in total. The van der Waals surface area contributed by atoms with Gasteiger partial charge in [0, 0.05) is 6.54 Å². The molecule has 146 valence electrons. The molecule has 3 aliphatic heterocycles. The van der Waals surface area contributed by atoms with Crippen molar-refractivity contribution < 1.29 is 28.4 Å². The Morgan fingerprint density at radius 3 is 2.44 bits per heavy atom. The Bertz CT molecular complexity index is 728. The number of carbonyl (C=O) groups excluding carboxylic acids is 3. The van der Waals surface area contributed by atoms with Crippen LogP contribution in [0.1, 0.15) is 37.1 Å². The van der Waals surface area contributed by atoms with Crippen molar-refractivity contribution in [2.75, 3.05) is 18.5 Å². The standard InChI is InChI=1S/C18H23N3O6/c1-9-15(10(2)27-20-9)19-18(24)25-8-4-3-7-21-16(22)13-11-5-6-12(26-11)14(13)17(21)23/h11-14H,3-8H2,1-2H3,(H,19,24). The van der Waals surface area contributed by atoms with E-state index in [0.717, 1.165) is 12.8 Å². The van der Waals surface area contributed by atoms with Crippen LogP contribution in [0.4, 0.5) is 10.5 Å². The van der Waals surface area contributed by atoms with Crippen molar-refractivity contribution in [2.24, 2.45) is 11.8 Å². The molecule has 4 atom stereocenters. The summed E-state index contributed by atoms with van der Waals surface area (Å²) < 4.78 is 15.8. The van der Waals surface area contributed by atoms with Gasteiger partial charge in [-0.3, -0.25) is 19.8 Å². The summed E-state index contributed by atoms with van der Waals surface area (Å²) in [5, 5.41) is 6.35. The van der Waals surface area contributed by atoms with Gasteiger partial charge < -0.3 is 14.0 Å². The topological polar surface area (TPSA) is 111 Å². The molecule has 1 aromatic rings. The van der Waals surface area contributed by atoms with Gasteiger partial charge >= 0.3 is 6.09 Å². The average molecular weight is 377 g/mol. The highest BCUT2D eigenvalue weighted by atomic mass is 16.5. The number of hydrogen-bond acceptors (Lipinski definition) is 7. The summed E-state index contributed by atoms with van der Waals surface area (Å²) in [6, 6.07) is 0. The van der Waals surface area contributed by atoms with E-state index in [1.807, 2.05) is 0 Å². The van der Waals surface area contributed by atoms with Crippen molar-refractivity contribution in [1.82, 2.24) is 10.1 Å². The van der Waals surface area contributed by atoms with Crippen molar-refractivity contribution in [3.8, 4) is 0 Å². The Labute approximate surface area is 156 Å². The van der Waals surface area contributed by atoms with E-state index in [0.29, 0.717) is 36.5 Å². The minimum absolute atomic E-state index is 0.0854. The first kappa shape index (κ1) is 18.0. The molecule has 0 radical (unpaired) electrons. The number of aromatic nitrogens is 1. The molecule has 3 fully saturated rings. The maximum Gasteiger partial charge on any atom is 0.411 e. The molecule has 3 aliphatic rings. The summed E-state index contributed by atoms with van der Waals surface area (Å²) in [5.74, 6) is -0.260. The molecular weight excluding hydrogens is 354 g/mol. The van der Waals surface area contributed by atoms with Gasteiger partial charge in [-0.2, -0.15) is 0 Å². The summed E-state index contributed by atoms with van der Waals surface area (Å²) in [7, 11) is 0. The molecule has 4 unspecified atom stereocenters. The van der Waals surface area contributed by atoms with Gasteiger partial charge in [-0.15, -0.1) is 0 Å². The number of hydrogen-bond donors (Lipinski definition) is 1. The zero-order chi connectivity index (χ0) is 19.1. The van der Waals surface area contributed by atoms with Gasteiger partial charge in [-0.25, -0.2) is 4.79 Å². The first-order valence-electron chi connectivity index (χ1n) is 9.34. The number of aryl methyl sites for hydroxylation is 2. The molecule has 3 amide bonds. The molecule has 4 rings (SSSR count). The van der Waals surface area contributed by atoms with Crippen molar-refractivity contribution in [3.63, 3.8) is 0 Å². The van der Waals surface area contributed by atoms with Crippen molar-refractivity contribution >= 4 is 23.6 Å². The summed E-state index contributed by atoms with van der Waals surface area (Å²) in [4.78, 5) is 38.2. The van der Waals surface area contributed by atoms with Crippen molar-refractivity contribution in [1.29, 1.82) is 0 Å². The molecule has 4 heterocycles. The number of anilines is 1. The van der Waals surface area contributed by atoms with Crippen LogP contribution in [0.5, 0.6) is 0 Å². The van der Waals surface area contributed by atoms with Crippen LogP contribution in [0.3, 0.4) is 0 Å². The lowest BCUT2D eigenvalue weighted by molar-refractivity contribution is -0.142. The Hall–Kier alpha value is -2.42. The Balaban J connectivity index is 1.19. The quantitative estimate of drug-likeness (QED) is 0.594. The van der Waals surface area contributed by atoms with Crippen molar-refractivity contribution in [3.05, 3.63) is 11.5 Å². The molecule has 2 bridgehead atoms. The number of rotatable bonds is 6. The first-order valence-corrected chi connectivity index (χ1v) is 9.34.